The second-order valence-corrected chi connectivity index (χ2v) is 6.55. The van der Waals surface area contributed by atoms with Crippen LogP contribution >= 0.6 is 22.3 Å². The number of hydrogen-bond acceptors (Lipinski definition) is 5. The van der Waals surface area contributed by atoms with E-state index < -0.39 is 14.8 Å². The van der Waals surface area contributed by atoms with Crippen LogP contribution in [0.4, 0.5) is 0 Å². The van der Waals surface area contributed by atoms with E-state index in [4.69, 9.17) is 31.8 Å². The molecular formula is C9H8Cl2O5S. The minimum absolute atomic E-state index is 0.0986. The largest absolute Gasteiger partial charge is 0.506 e. The molecule has 1 aliphatic heterocycles. The number of benzene rings is 1. The molecule has 2 rings (SSSR count). The van der Waals surface area contributed by atoms with Crippen LogP contribution in [0.3, 0.4) is 0 Å². The summed E-state index contributed by atoms with van der Waals surface area (Å²) >= 11 is 5.83. The van der Waals surface area contributed by atoms with E-state index >= 15 is 0 Å². The van der Waals surface area contributed by atoms with Gasteiger partial charge in [0.25, 0.3) is 0 Å². The Morgan fingerprint density at radius 1 is 1.35 bits per heavy atom. The van der Waals surface area contributed by atoms with Crippen LogP contribution in [0.1, 0.15) is 5.56 Å². The van der Waals surface area contributed by atoms with Crippen molar-refractivity contribution in [3.05, 3.63) is 16.7 Å². The van der Waals surface area contributed by atoms with Gasteiger partial charge < -0.3 is 14.6 Å². The topological polar surface area (TPSA) is 72.8 Å². The smallest absolute Gasteiger partial charge is 0.236 e. The number of aromatic hydroxyl groups is 1. The molecule has 0 atom stereocenters. The molecule has 0 saturated carbocycles. The fourth-order valence-electron chi connectivity index (χ4n) is 1.52. The maximum atomic E-state index is 11.1. The number of rotatable bonds is 2. The van der Waals surface area contributed by atoms with Crippen LogP contribution in [0, 0.1) is 0 Å². The molecule has 1 aliphatic rings. The highest BCUT2D eigenvalue weighted by Gasteiger charge is 2.25. The zero-order valence-corrected chi connectivity index (χ0v) is 10.8. The van der Waals surface area contributed by atoms with E-state index in [1.165, 1.54) is 6.07 Å². The Morgan fingerprint density at radius 3 is 2.65 bits per heavy atom. The van der Waals surface area contributed by atoms with Gasteiger partial charge in [0.1, 0.15) is 19.0 Å². The maximum absolute atomic E-state index is 11.1. The van der Waals surface area contributed by atoms with E-state index in [0.29, 0.717) is 6.61 Å². The summed E-state index contributed by atoms with van der Waals surface area (Å²) in [4.78, 5) is 0. The lowest BCUT2D eigenvalue weighted by molar-refractivity contribution is 0.169. The van der Waals surface area contributed by atoms with Crippen LogP contribution < -0.4 is 9.47 Å². The van der Waals surface area contributed by atoms with Crippen molar-refractivity contribution in [2.24, 2.45) is 0 Å². The number of fused-ring (bicyclic) bond motifs is 1. The molecule has 0 saturated heterocycles. The van der Waals surface area contributed by atoms with Crippen LogP contribution in [0.25, 0.3) is 0 Å². The van der Waals surface area contributed by atoms with Crippen molar-refractivity contribution < 1.29 is 23.0 Å². The van der Waals surface area contributed by atoms with Crippen LogP contribution in [0.2, 0.25) is 5.02 Å². The highest BCUT2D eigenvalue weighted by atomic mass is 35.7. The average molecular weight is 299 g/mol. The molecule has 5 nitrogen and oxygen atoms in total. The SMILES string of the molecule is O=S(=O)(Cl)Cc1c(Cl)c(O)cc2c1OCCO2. The Morgan fingerprint density at radius 2 is 2.00 bits per heavy atom. The average Bonchev–Trinajstić information content (AvgIpc) is 2.23. The first kappa shape index (κ1) is 12.6. The molecule has 1 N–H and O–H groups in total. The Hall–Kier alpha value is -0.850. The van der Waals surface area contributed by atoms with Gasteiger partial charge in [0, 0.05) is 22.3 Å². The monoisotopic (exact) mass is 298 g/mol. The first-order valence-corrected chi connectivity index (χ1v) is 7.46. The van der Waals surface area contributed by atoms with Crippen molar-refractivity contribution in [3.8, 4) is 17.2 Å². The van der Waals surface area contributed by atoms with Gasteiger partial charge in [-0.3, -0.25) is 0 Å². The number of phenolic OH excluding ortho intramolecular Hbond substituents is 1. The number of ether oxygens (including phenoxy) is 2. The zero-order chi connectivity index (χ0) is 12.6. The van der Waals surface area contributed by atoms with E-state index in [-0.39, 0.29) is 34.4 Å². The van der Waals surface area contributed by atoms with Gasteiger partial charge in [-0.25, -0.2) is 8.42 Å². The molecule has 1 aromatic rings. The summed E-state index contributed by atoms with van der Waals surface area (Å²) in [5.74, 6) is -0.337. The Bertz CT molecular complexity index is 555. The van der Waals surface area contributed by atoms with E-state index in [2.05, 4.69) is 0 Å². The summed E-state index contributed by atoms with van der Waals surface area (Å²) in [5, 5.41) is 9.45. The molecule has 8 heteroatoms. The minimum Gasteiger partial charge on any atom is -0.506 e. The van der Waals surface area contributed by atoms with E-state index in [1.54, 1.807) is 0 Å². The predicted molar refractivity (Wildman–Crippen MR) is 62.6 cm³/mol. The lowest BCUT2D eigenvalue weighted by Gasteiger charge is -2.22. The molecule has 0 fully saturated rings. The Kier molecular flexibility index (Phi) is 3.29. The van der Waals surface area contributed by atoms with Crippen molar-refractivity contribution in [1.29, 1.82) is 0 Å². The summed E-state index contributed by atoms with van der Waals surface area (Å²) in [7, 11) is 1.36. The third-order valence-corrected chi connectivity index (χ3v) is 3.54. The minimum atomic E-state index is -3.81. The number of phenols is 1. The molecule has 0 spiro atoms. The third-order valence-electron chi connectivity index (χ3n) is 2.16. The van der Waals surface area contributed by atoms with Crippen LogP contribution in [0.15, 0.2) is 6.07 Å². The van der Waals surface area contributed by atoms with Gasteiger partial charge in [0.05, 0.1) is 10.8 Å². The normalized spacial score (nSPS) is 14.7. The predicted octanol–water partition coefficient (Wildman–Crippen LogP) is 1.89. The van der Waals surface area contributed by atoms with Crippen molar-refractivity contribution in [2.75, 3.05) is 13.2 Å². The van der Waals surface area contributed by atoms with Crippen molar-refractivity contribution in [2.45, 2.75) is 5.75 Å². The second-order valence-electron chi connectivity index (χ2n) is 3.40. The molecule has 0 radical (unpaired) electrons. The lowest BCUT2D eigenvalue weighted by Crippen LogP contribution is -2.17. The molecule has 94 valence electrons. The van der Waals surface area contributed by atoms with E-state index in [0.717, 1.165) is 0 Å². The quantitative estimate of drug-likeness (QED) is 0.844. The Balaban J connectivity index is 2.58. The van der Waals surface area contributed by atoms with Gasteiger partial charge in [-0.15, -0.1) is 0 Å². The van der Waals surface area contributed by atoms with E-state index in [1.807, 2.05) is 0 Å². The van der Waals surface area contributed by atoms with Gasteiger partial charge in [-0.1, -0.05) is 11.6 Å². The van der Waals surface area contributed by atoms with Gasteiger partial charge >= 0.3 is 0 Å². The fraction of sp³-hybridized carbons (Fsp3) is 0.333. The summed E-state index contributed by atoms with van der Waals surface area (Å²) in [6, 6.07) is 1.28. The van der Waals surface area contributed by atoms with Crippen molar-refractivity contribution >= 4 is 31.3 Å². The van der Waals surface area contributed by atoms with Crippen LogP contribution in [-0.4, -0.2) is 26.7 Å². The summed E-state index contributed by atoms with van der Waals surface area (Å²) in [6.45, 7) is 0.602. The molecular weight excluding hydrogens is 291 g/mol. The van der Waals surface area contributed by atoms with Crippen molar-refractivity contribution in [1.82, 2.24) is 0 Å². The standard InChI is InChI=1S/C9H8Cl2O5S/c10-8-5(4-17(11,13)14)9-7(3-6(8)12)15-1-2-16-9/h3,12H,1-2,4H2. The fourth-order valence-corrected chi connectivity index (χ4v) is 2.75. The first-order chi connectivity index (χ1) is 7.88. The van der Waals surface area contributed by atoms with Crippen LogP contribution in [-0.2, 0) is 14.8 Å². The van der Waals surface area contributed by atoms with Gasteiger partial charge in [0.15, 0.2) is 11.5 Å². The van der Waals surface area contributed by atoms with Gasteiger partial charge in [0.2, 0.25) is 9.05 Å². The summed E-state index contributed by atoms with van der Waals surface area (Å²) in [5.41, 5.74) is 0.108. The summed E-state index contributed by atoms with van der Waals surface area (Å²) < 4.78 is 32.7. The molecule has 0 unspecified atom stereocenters. The van der Waals surface area contributed by atoms with Crippen LogP contribution in [0.5, 0.6) is 17.2 Å². The van der Waals surface area contributed by atoms with Gasteiger partial charge in [-0.05, 0) is 0 Å². The van der Waals surface area contributed by atoms with Crippen molar-refractivity contribution in [3.63, 3.8) is 0 Å². The number of hydrogen-bond donors (Lipinski definition) is 1. The molecule has 1 aromatic carbocycles. The first-order valence-electron chi connectivity index (χ1n) is 4.61. The highest BCUT2D eigenvalue weighted by Crippen LogP contribution is 2.44. The molecule has 0 aliphatic carbocycles. The third kappa shape index (κ3) is 2.70. The molecule has 1 heterocycles. The molecule has 0 aromatic heterocycles. The van der Waals surface area contributed by atoms with E-state index in [9.17, 15) is 13.5 Å². The number of halogens is 2. The highest BCUT2D eigenvalue weighted by molar-refractivity contribution is 8.13. The van der Waals surface area contributed by atoms with Gasteiger partial charge in [-0.2, -0.15) is 0 Å². The lowest BCUT2D eigenvalue weighted by atomic mass is 10.2. The second kappa shape index (κ2) is 4.44. The Labute approximate surface area is 107 Å². The molecule has 0 bridgehead atoms. The molecule has 17 heavy (non-hydrogen) atoms. The maximum Gasteiger partial charge on any atom is 0.236 e. The zero-order valence-electron chi connectivity index (χ0n) is 8.44. The molecule has 0 amide bonds. The summed E-state index contributed by atoms with van der Waals surface area (Å²) in [6.07, 6.45) is 0.